The van der Waals surface area contributed by atoms with E-state index in [0.717, 1.165) is 27.5 Å². The lowest BCUT2D eigenvalue weighted by molar-refractivity contribution is -0.120. The minimum absolute atomic E-state index is 0.120. The number of amides is 1. The van der Waals surface area contributed by atoms with Gasteiger partial charge in [-0.2, -0.15) is 0 Å². The quantitative estimate of drug-likeness (QED) is 0.809. The molecule has 1 amide bonds. The lowest BCUT2D eigenvalue weighted by Crippen LogP contribution is -2.24. The van der Waals surface area contributed by atoms with E-state index < -0.39 is 10.0 Å². The minimum atomic E-state index is -3.42. The number of carbonyl (C=O) groups excluding carboxylic acids is 1. The van der Waals surface area contributed by atoms with E-state index in [9.17, 15) is 13.2 Å². The van der Waals surface area contributed by atoms with E-state index in [1.807, 2.05) is 12.1 Å². The fourth-order valence-electron chi connectivity index (χ4n) is 1.95. The molecule has 0 aliphatic carbocycles. The first-order valence-electron chi connectivity index (χ1n) is 7.24. The topological polar surface area (TPSA) is 75.7 Å². The van der Waals surface area contributed by atoms with Gasteiger partial charge in [-0.05, 0) is 29.8 Å². The van der Waals surface area contributed by atoms with Crippen LogP contribution in [0.2, 0.25) is 0 Å². The molecule has 2 rings (SSSR count). The van der Waals surface area contributed by atoms with Crippen LogP contribution in [-0.2, 0) is 27.8 Å². The summed E-state index contributed by atoms with van der Waals surface area (Å²) in [5.41, 5.74) is 0.885. The molecule has 0 unspecified atom stereocenters. The Balaban J connectivity index is 1.91. The second kappa shape index (κ2) is 7.78. The molecule has 0 spiro atoms. The van der Waals surface area contributed by atoms with Crippen LogP contribution in [0.4, 0.5) is 0 Å². The fraction of sp³-hybridized carbons (Fsp3) is 0.312. The first-order valence-corrected chi connectivity index (χ1v) is 9.49. The highest BCUT2D eigenvalue weighted by atomic mass is 32.2. The zero-order valence-electron chi connectivity index (χ0n) is 13.8. The summed E-state index contributed by atoms with van der Waals surface area (Å²) in [5, 5.41) is 2.80. The fourth-order valence-corrected chi connectivity index (χ4v) is 4.41. The minimum Gasteiger partial charge on any atom is -0.497 e. The molecule has 130 valence electrons. The van der Waals surface area contributed by atoms with Crippen LogP contribution in [0.15, 0.2) is 40.6 Å². The van der Waals surface area contributed by atoms with Crippen molar-refractivity contribution >= 4 is 27.3 Å². The molecule has 0 aliphatic rings. The second-order valence-corrected chi connectivity index (χ2v) is 8.86. The summed E-state index contributed by atoms with van der Waals surface area (Å²) in [5.74, 6) is 0.623. The van der Waals surface area contributed by atoms with Gasteiger partial charge < -0.3 is 10.1 Å². The van der Waals surface area contributed by atoms with E-state index in [-0.39, 0.29) is 16.5 Å². The summed E-state index contributed by atoms with van der Waals surface area (Å²) in [6, 6.07) is 10.6. The predicted molar refractivity (Wildman–Crippen MR) is 93.7 cm³/mol. The average Bonchev–Trinajstić information content (AvgIpc) is 3.03. The van der Waals surface area contributed by atoms with Crippen molar-refractivity contribution in [3.8, 4) is 5.75 Å². The van der Waals surface area contributed by atoms with Gasteiger partial charge in [-0.15, -0.1) is 11.3 Å². The number of rotatable bonds is 7. The molecule has 0 saturated heterocycles. The van der Waals surface area contributed by atoms with Crippen LogP contribution in [0.3, 0.4) is 0 Å². The molecule has 0 fully saturated rings. The van der Waals surface area contributed by atoms with Crippen molar-refractivity contribution in [3.63, 3.8) is 0 Å². The summed E-state index contributed by atoms with van der Waals surface area (Å²) < 4.78 is 30.5. The molecule has 1 heterocycles. The summed E-state index contributed by atoms with van der Waals surface area (Å²) in [7, 11) is 1.15. The van der Waals surface area contributed by atoms with Crippen LogP contribution in [0, 0.1) is 0 Å². The van der Waals surface area contributed by atoms with Crippen LogP contribution in [-0.4, -0.2) is 39.8 Å². The van der Waals surface area contributed by atoms with Gasteiger partial charge >= 0.3 is 0 Å². The molecule has 1 aromatic heterocycles. The Morgan fingerprint density at radius 3 is 2.42 bits per heavy atom. The van der Waals surface area contributed by atoms with Gasteiger partial charge in [-0.1, -0.05) is 12.1 Å². The van der Waals surface area contributed by atoms with E-state index >= 15 is 0 Å². The monoisotopic (exact) mass is 368 g/mol. The van der Waals surface area contributed by atoms with Gasteiger partial charge in [0, 0.05) is 19.0 Å². The number of nitrogens with zero attached hydrogens (tertiary/aromatic N) is 1. The van der Waals surface area contributed by atoms with Crippen molar-refractivity contribution in [2.75, 3.05) is 21.2 Å². The van der Waals surface area contributed by atoms with Crippen molar-refractivity contribution in [3.05, 3.63) is 46.8 Å². The highest BCUT2D eigenvalue weighted by molar-refractivity contribution is 7.91. The zero-order chi connectivity index (χ0) is 17.7. The van der Waals surface area contributed by atoms with Crippen molar-refractivity contribution in [2.24, 2.45) is 0 Å². The van der Waals surface area contributed by atoms with Gasteiger partial charge in [0.25, 0.3) is 10.0 Å². The summed E-state index contributed by atoms with van der Waals surface area (Å²) in [6.07, 6.45) is 0.262. The highest BCUT2D eigenvalue weighted by Gasteiger charge is 2.19. The summed E-state index contributed by atoms with van der Waals surface area (Å²) in [6.45, 7) is 0.308. The molecule has 6 nitrogen and oxygen atoms in total. The Kier molecular flexibility index (Phi) is 5.98. The number of nitrogens with one attached hydrogen (secondary N) is 1. The van der Waals surface area contributed by atoms with E-state index in [1.165, 1.54) is 18.4 Å². The first kappa shape index (κ1) is 18.4. The van der Waals surface area contributed by atoms with Crippen molar-refractivity contribution in [1.82, 2.24) is 9.62 Å². The lowest BCUT2D eigenvalue weighted by atomic mass is 10.1. The van der Waals surface area contributed by atoms with Crippen LogP contribution < -0.4 is 10.1 Å². The molecule has 0 radical (unpaired) electrons. The highest BCUT2D eigenvalue weighted by Crippen LogP contribution is 2.23. The number of thiophene rings is 1. The Bertz CT molecular complexity index is 796. The van der Waals surface area contributed by atoms with Crippen LogP contribution in [0.1, 0.15) is 10.4 Å². The van der Waals surface area contributed by atoms with E-state index in [1.54, 1.807) is 31.4 Å². The molecule has 8 heteroatoms. The number of methoxy groups -OCH3 is 1. The van der Waals surface area contributed by atoms with Gasteiger partial charge in [-0.25, -0.2) is 12.7 Å². The molecule has 0 aliphatic heterocycles. The van der Waals surface area contributed by atoms with Crippen molar-refractivity contribution in [2.45, 2.75) is 17.2 Å². The zero-order valence-corrected chi connectivity index (χ0v) is 15.4. The molecular weight excluding hydrogens is 348 g/mol. The van der Waals surface area contributed by atoms with E-state index in [2.05, 4.69) is 5.32 Å². The molecule has 0 bridgehead atoms. The maximum atomic E-state index is 12.0. The van der Waals surface area contributed by atoms with Gasteiger partial charge in [0.2, 0.25) is 5.91 Å². The maximum absolute atomic E-state index is 12.0. The Morgan fingerprint density at radius 2 is 1.83 bits per heavy atom. The van der Waals surface area contributed by atoms with E-state index in [0.29, 0.717) is 6.54 Å². The van der Waals surface area contributed by atoms with Crippen molar-refractivity contribution < 1.29 is 17.9 Å². The van der Waals surface area contributed by atoms with Gasteiger partial charge in [-0.3, -0.25) is 4.79 Å². The van der Waals surface area contributed by atoms with Crippen molar-refractivity contribution in [1.29, 1.82) is 0 Å². The Hall–Kier alpha value is -1.90. The number of hydrogen-bond acceptors (Lipinski definition) is 5. The van der Waals surface area contributed by atoms with Gasteiger partial charge in [0.1, 0.15) is 9.96 Å². The largest absolute Gasteiger partial charge is 0.497 e. The number of benzene rings is 1. The Morgan fingerprint density at radius 1 is 1.17 bits per heavy atom. The van der Waals surface area contributed by atoms with Gasteiger partial charge in [0.05, 0.1) is 20.1 Å². The molecule has 1 N–H and O–H groups in total. The molecule has 0 saturated carbocycles. The summed E-state index contributed by atoms with van der Waals surface area (Å²) in [4.78, 5) is 12.8. The number of ether oxygens (including phenoxy) is 1. The number of carbonyl (C=O) groups is 1. The average molecular weight is 368 g/mol. The molecular formula is C16H20N2O4S2. The van der Waals surface area contributed by atoms with Gasteiger partial charge in [0.15, 0.2) is 0 Å². The maximum Gasteiger partial charge on any atom is 0.252 e. The Labute approximate surface area is 146 Å². The normalized spacial score (nSPS) is 11.5. The smallest absolute Gasteiger partial charge is 0.252 e. The molecule has 1 aromatic carbocycles. The second-order valence-electron chi connectivity index (χ2n) is 5.31. The third-order valence-corrected chi connectivity index (χ3v) is 6.72. The van der Waals surface area contributed by atoms with Crippen LogP contribution in [0.25, 0.3) is 0 Å². The standard InChI is InChI=1S/C16H20N2O4S2/c1-18(2)24(20,21)16-9-8-14(23-16)11-17-15(19)10-12-4-6-13(22-3)7-5-12/h4-9H,10-11H2,1-3H3,(H,17,19). The SMILES string of the molecule is COc1ccc(CC(=O)NCc2ccc(S(=O)(=O)N(C)C)s2)cc1. The third-order valence-electron chi connectivity index (χ3n) is 3.36. The summed E-state index contributed by atoms with van der Waals surface area (Å²) >= 11 is 1.16. The van der Waals surface area contributed by atoms with Crippen LogP contribution >= 0.6 is 11.3 Å². The predicted octanol–water partition coefficient (Wildman–Crippen LogP) is 1.87. The molecule has 2 aromatic rings. The number of sulfonamides is 1. The first-order chi connectivity index (χ1) is 11.3. The number of hydrogen-bond donors (Lipinski definition) is 1. The van der Waals surface area contributed by atoms with E-state index in [4.69, 9.17) is 4.74 Å². The molecule has 24 heavy (non-hydrogen) atoms. The van der Waals surface area contributed by atoms with Crippen LogP contribution in [0.5, 0.6) is 5.75 Å². The third kappa shape index (κ3) is 4.56. The lowest BCUT2D eigenvalue weighted by Gasteiger charge is -2.08. The molecule has 0 atom stereocenters.